The Labute approximate surface area is 168 Å². The number of carbonyl (C=O) groups is 1. The lowest BCUT2D eigenvalue weighted by molar-refractivity contribution is -0.116. The molecule has 0 saturated carbocycles. The molecule has 0 aliphatic heterocycles. The maximum atomic E-state index is 14.1. The molecule has 0 unspecified atom stereocenters. The third kappa shape index (κ3) is 4.35. The predicted octanol–water partition coefficient (Wildman–Crippen LogP) is 3.18. The number of aromatic nitrogens is 6. The van der Waals surface area contributed by atoms with Crippen molar-refractivity contribution in [2.75, 3.05) is 5.32 Å². The largest absolute Gasteiger partial charge is 0.339 e. The van der Waals surface area contributed by atoms with Crippen LogP contribution < -0.4 is 5.32 Å². The summed E-state index contributed by atoms with van der Waals surface area (Å²) in [7, 11) is 0. The lowest BCUT2D eigenvalue weighted by Crippen LogP contribution is -2.12. The van der Waals surface area contributed by atoms with Crippen LogP contribution in [0.25, 0.3) is 16.4 Å². The van der Waals surface area contributed by atoms with Crippen LogP contribution in [0.15, 0.2) is 40.2 Å². The van der Waals surface area contributed by atoms with Gasteiger partial charge in [0.1, 0.15) is 11.5 Å². The third-order valence-corrected chi connectivity index (χ3v) is 4.95. The van der Waals surface area contributed by atoms with Crippen molar-refractivity contribution in [3.05, 3.63) is 53.2 Å². The van der Waals surface area contributed by atoms with Crippen molar-refractivity contribution in [2.45, 2.75) is 26.2 Å². The van der Waals surface area contributed by atoms with Crippen molar-refractivity contribution < 1.29 is 13.7 Å². The van der Waals surface area contributed by atoms with Crippen molar-refractivity contribution in [3.63, 3.8) is 0 Å². The van der Waals surface area contributed by atoms with E-state index in [1.807, 2.05) is 17.5 Å². The summed E-state index contributed by atoms with van der Waals surface area (Å²) in [5.74, 6) is 0.787. The summed E-state index contributed by atoms with van der Waals surface area (Å²) in [6, 6.07) is 8.07. The number of rotatable bonds is 7. The molecule has 0 atom stereocenters. The first-order valence-electron chi connectivity index (χ1n) is 8.81. The summed E-state index contributed by atoms with van der Waals surface area (Å²) < 4.78 is 20.6. The topological polar surface area (TPSA) is 112 Å². The monoisotopic (exact) mass is 413 g/mol. The molecule has 3 aromatic heterocycles. The highest BCUT2D eigenvalue weighted by atomic mass is 32.1. The number of aryl methyl sites for hydroxylation is 2. The second-order valence-corrected chi connectivity index (χ2v) is 7.14. The van der Waals surface area contributed by atoms with Crippen LogP contribution in [-0.2, 0) is 11.2 Å². The van der Waals surface area contributed by atoms with Crippen molar-refractivity contribution in [2.24, 2.45) is 0 Å². The molecule has 3 heterocycles. The fourth-order valence-electron chi connectivity index (χ4n) is 2.69. The lowest BCUT2D eigenvalue weighted by atomic mass is 10.2. The van der Waals surface area contributed by atoms with E-state index >= 15 is 0 Å². The number of nitrogens with one attached hydrogen (secondary N) is 1. The molecule has 148 valence electrons. The standard InChI is InChI=1S/C18H16FN7O2S/c1-11-22-24-25-26(11)14-10-12(7-8-13(14)19)20-16(27)5-2-6-17-21-18(23-28-17)15-4-3-9-29-15/h3-4,7-10H,2,5-6H2,1H3,(H,20,27). The van der Waals surface area contributed by atoms with Crippen LogP contribution >= 0.6 is 11.3 Å². The summed E-state index contributed by atoms with van der Waals surface area (Å²) in [5.41, 5.74) is 0.622. The van der Waals surface area contributed by atoms with Gasteiger partial charge in [0.05, 0.1) is 4.88 Å². The number of hydrogen-bond acceptors (Lipinski definition) is 8. The van der Waals surface area contributed by atoms with Crippen molar-refractivity contribution in [1.29, 1.82) is 0 Å². The van der Waals surface area contributed by atoms with Crippen molar-refractivity contribution in [3.8, 4) is 16.4 Å². The van der Waals surface area contributed by atoms with E-state index in [4.69, 9.17) is 4.52 Å². The number of benzene rings is 1. The van der Waals surface area contributed by atoms with Gasteiger partial charge in [-0.25, -0.2) is 4.39 Å². The van der Waals surface area contributed by atoms with Crippen molar-refractivity contribution in [1.82, 2.24) is 30.3 Å². The summed E-state index contributed by atoms with van der Waals surface area (Å²) in [6.07, 6.45) is 1.29. The predicted molar refractivity (Wildman–Crippen MR) is 103 cm³/mol. The van der Waals surface area contributed by atoms with Gasteiger partial charge >= 0.3 is 0 Å². The van der Waals surface area contributed by atoms with E-state index in [0.29, 0.717) is 36.1 Å². The Hall–Kier alpha value is -3.47. The second-order valence-electron chi connectivity index (χ2n) is 6.19. The Bertz CT molecular complexity index is 1120. The minimum Gasteiger partial charge on any atom is -0.339 e. The molecule has 11 heteroatoms. The van der Waals surface area contributed by atoms with Gasteiger partial charge in [-0.2, -0.15) is 9.67 Å². The molecule has 0 aliphatic rings. The van der Waals surface area contributed by atoms with E-state index in [0.717, 1.165) is 4.88 Å². The smallest absolute Gasteiger partial charge is 0.226 e. The van der Waals surface area contributed by atoms with Gasteiger partial charge in [-0.3, -0.25) is 4.79 Å². The van der Waals surface area contributed by atoms with Crippen LogP contribution in [0.5, 0.6) is 0 Å². The zero-order chi connectivity index (χ0) is 20.2. The molecule has 0 bridgehead atoms. The fraction of sp³-hybridized carbons (Fsp3) is 0.222. The zero-order valence-corrected chi connectivity index (χ0v) is 16.2. The summed E-state index contributed by atoms with van der Waals surface area (Å²) in [5, 5.41) is 19.6. The van der Waals surface area contributed by atoms with Gasteiger partial charge in [-0.05, 0) is 53.4 Å². The van der Waals surface area contributed by atoms with Crippen LogP contribution in [0.3, 0.4) is 0 Å². The molecular formula is C18H16FN7O2S. The molecule has 0 radical (unpaired) electrons. The normalized spacial score (nSPS) is 11.0. The highest BCUT2D eigenvalue weighted by Gasteiger charge is 2.13. The van der Waals surface area contributed by atoms with Gasteiger partial charge in [0.25, 0.3) is 0 Å². The van der Waals surface area contributed by atoms with Crippen LogP contribution in [0.1, 0.15) is 24.6 Å². The molecule has 0 fully saturated rings. The molecule has 1 N–H and O–H groups in total. The lowest BCUT2D eigenvalue weighted by Gasteiger charge is -2.08. The SMILES string of the molecule is Cc1nnnn1-c1cc(NC(=O)CCCc2nc(-c3cccs3)no2)ccc1F. The summed E-state index contributed by atoms with van der Waals surface area (Å²) in [6.45, 7) is 1.66. The Balaban J connectivity index is 1.33. The second kappa shape index (κ2) is 8.27. The molecule has 4 rings (SSSR count). The van der Waals surface area contributed by atoms with Gasteiger partial charge in [0.15, 0.2) is 5.82 Å². The molecule has 0 aliphatic carbocycles. The van der Waals surface area contributed by atoms with Gasteiger partial charge in [0.2, 0.25) is 17.6 Å². The average molecular weight is 413 g/mol. The summed E-state index contributed by atoms with van der Waals surface area (Å²) >= 11 is 1.53. The van der Waals surface area contributed by atoms with Gasteiger partial charge in [-0.15, -0.1) is 16.4 Å². The van der Waals surface area contributed by atoms with Gasteiger partial charge < -0.3 is 9.84 Å². The van der Waals surface area contributed by atoms with E-state index in [1.54, 1.807) is 6.92 Å². The number of halogens is 1. The number of nitrogens with zero attached hydrogens (tertiary/aromatic N) is 6. The highest BCUT2D eigenvalue weighted by molar-refractivity contribution is 7.13. The van der Waals surface area contributed by atoms with E-state index in [1.165, 1.54) is 34.2 Å². The zero-order valence-electron chi connectivity index (χ0n) is 15.4. The minimum absolute atomic E-state index is 0.164. The Kier molecular flexibility index (Phi) is 5.38. The van der Waals surface area contributed by atoms with E-state index in [-0.39, 0.29) is 18.0 Å². The first kappa shape index (κ1) is 18.9. The maximum Gasteiger partial charge on any atom is 0.226 e. The summed E-state index contributed by atoms with van der Waals surface area (Å²) in [4.78, 5) is 17.5. The number of tetrazole rings is 1. The number of amides is 1. The highest BCUT2D eigenvalue weighted by Crippen LogP contribution is 2.22. The molecule has 1 aromatic carbocycles. The minimum atomic E-state index is -0.490. The third-order valence-electron chi connectivity index (χ3n) is 4.09. The van der Waals surface area contributed by atoms with Crippen LogP contribution in [0.2, 0.25) is 0 Å². The Morgan fingerprint density at radius 2 is 2.24 bits per heavy atom. The number of thiophene rings is 1. The van der Waals surface area contributed by atoms with Crippen LogP contribution in [0.4, 0.5) is 10.1 Å². The Morgan fingerprint density at radius 3 is 3.00 bits per heavy atom. The van der Waals surface area contributed by atoms with E-state index in [9.17, 15) is 9.18 Å². The molecular weight excluding hydrogens is 397 g/mol. The average Bonchev–Trinajstić information content (AvgIpc) is 3.45. The Morgan fingerprint density at radius 1 is 1.34 bits per heavy atom. The molecule has 29 heavy (non-hydrogen) atoms. The number of hydrogen-bond donors (Lipinski definition) is 1. The quantitative estimate of drug-likeness (QED) is 0.495. The number of anilines is 1. The fourth-order valence-corrected chi connectivity index (χ4v) is 3.34. The van der Waals surface area contributed by atoms with E-state index in [2.05, 4.69) is 31.0 Å². The van der Waals surface area contributed by atoms with Gasteiger partial charge in [-0.1, -0.05) is 11.2 Å². The molecule has 9 nitrogen and oxygen atoms in total. The maximum absolute atomic E-state index is 14.1. The van der Waals surface area contributed by atoms with E-state index < -0.39 is 5.82 Å². The molecule has 0 spiro atoms. The number of carbonyl (C=O) groups excluding carboxylic acids is 1. The van der Waals surface area contributed by atoms with Gasteiger partial charge in [0, 0.05) is 18.5 Å². The first-order chi connectivity index (χ1) is 14.1. The molecule has 4 aromatic rings. The van der Waals surface area contributed by atoms with Crippen LogP contribution in [0, 0.1) is 12.7 Å². The first-order valence-corrected chi connectivity index (χ1v) is 9.69. The molecule has 0 saturated heterocycles. The molecule has 1 amide bonds. The van der Waals surface area contributed by atoms with Crippen LogP contribution in [-0.4, -0.2) is 36.3 Å². The van der Waals surface area contributed by atoms with Crippen molar-refractivity contribution >= 4 is 22.9 Å².